The highest BCUT2D eigenvalue weighted by Gasteiger charge is 2.48. The van der Waals surface area contributed by atoms with Gasteiger partial charge >= 0.3 is 0 Å². The lowest BCUT2D eigenvalue weighted by Crippen LogP contribution is -2.52. The molecule has 1 aliphatic rings. The Balaban J connectivity index is 1.28. The number of aliphatic imine (C=N–C) groups is 1. The lowest BCUT2D eigenvalue weighted by Gasteiger charge is -2.41. The highest BCUT2D eigenvalue weighted by atomic mass is 15.3. The van der Waals surface area contributed by atoms with Gasteiger partial charge in [0.1, 0.15) is 5.84 Å². The van der Waals surface area contributed by atoms with Gasteiger partial charge in [-0.3, -0.25) is 4.99 Å². The van der Waals surface area contributed by atoms with Gasteiger partial charge in [0.2, 0.25) is 0 Å². The molecule has 1 aliphatic heterocycles. The fraction of sp³-hybridized carbons (Fsp3) is 0.146. The Hall–Kier alpha value is -5.73. The molecule has 9 rings (SSSR count). The molecular formula is C48H40N2. The van der Waals surface area contributed by atoms with Crippen LogP contribution in [-0.4, -0.2) is 16.9 Å². The summed E-state index contributed by atoms with van der Waals surface area (Å²) in [5.74, 6) is 1.06. The van der Waals surface area contributed by atoms with Crippen molar-refractivity contribution in [3.63, 3.8) is 0 Å². The summed E-state index contributed by atoms with van der Waals surface area (Å²) in [5, 5.41) is 10.1. The van der Waals surface area contributed by atoms with E-state index in [-0.39, 0.29) is 11.1 Å². The first kappa shape index (κ1) is 30.3. The van der Waals surface area contributed by atoms with Gasteiger partial charge in [0.05, 0.1) is 11.1 Å². The van der Waals surface area contributed by atoms with E-state index in [4.69, 9.17) is 4.99 Å². The van der Waals surface area contributed by atoms with Crippen LogP contribution in [0, 0.1) is 0 Å². The maximum atomic E-state index is 5.02. The van der Waals surface area contributed by atoms with Gasteiger partial charge in [0, 0.05) is 5.69 Å². The molecule has 0 unspecified atom stereocenters. The van der Waals surface area contributed by atoms with E-state index in [2.05, 4.69) is 191 Å². The summed E-state index contributed by atoms with van der Waals surface area (Å²) in [7, 11) is 0. The summed E-state index contributed by atoms with van der Waals surface area (Å²) in [5.41, 5.74) is 8.31. The van der Waals surface area contributed by atoms with Crippen LogP contribution in [0.4, 0.5) is 5.69 Å². The largest absolute Gasteiger partial charge is 0.322 e. The monoisotopic (exact) mass is 644 g/mol. The number of fused-ring (bicyclic) bond motifs is 4. The Bertz CT molecular complexity index is 2660. The fourth-order valence-electron chi connectivity index (χ4n) is 8.25. The first-order valence-electron chi connectivity index (χ1n) is 17.6. The zero-order valence-corrected chi connectivity index (χ0v) is 29.3. The van der Waals surface area contributed by atoms with Crippen LogP contribution in [0.2, 0.25) is 0 Å². The molecule has 0 aromatic heterocycles. The highest BCUT2D eigenvalue weighted by molar-refractivity contribution is 6.22. The zero-order valence-electron chi connectivity index (χ0n) is 29.3. The van der Waals surface area contributed by atoms with E-state index in [0.717, 1.165) is 5.84 Å². The summed E-state index contributed by atoms with van der Waals surface area (Å²) >= 11 is 0. The van der Waals surface area contributed by atoms with Crippen molar-refractivity contribution >= 4 is 54.6 Å². The second-order valence-electron chi connectivity index (χ2n) is 14.8. The van der Waals surface area contributed by atoms with Crippen LogP contribution in [-0.2, 0) is 0 Å². The first-order chi connectivity index (χ1) is 24.2. The molecule has 0 bridgehead atoms. The van der Waals surface area contributed by atoms with Crippen molar-refractivity contribution in [1.82, 2.24) is 0 Å². The Morgan fingerprint density at radius 1 is 0.420 bits per heavy atom. The number of anilines is 1. The Morgan fingerprint density at radius 3 is 1.42 bits per heavy atom. The number of benzene rings is 8. The molecule has 2 heteroatoms. The third kappa shape index (κ3) is 4.66. The summed E-state index contributed by atoms with van der Waals surface area (Å²) in [4.78, 5) is 7.41. The average Bonchev–Trinajstić information content (AvgIpc) is 3.30. The number of hydrogen-bond acceptors (Lipinski definition) is 2. The number of hydrogen-bond donors (Lipinski definition) is 0. The van der Waals surface area contributed by atoms with Crippen molar-refractivity contribution in [3.8, 4) is 33.4 Å². The maximum Gasteiger partial charge on any atom is 0.102 e. The van der Waals surface area contributed by atoms with Gasteiger partial charge in [-0.1, -0.05) is 121 Å². The molecule has 242 valence electrons. The van der Waals surface area contributed by atoms with Gasteiger partial charge in [0.25, 0.3) is 0 Å². The van der Waals surface area contributed by atoms with E-state index in [1.165, 1.54) is 82.2 Å². The molecule has 0 aliphatic carbocycles. The Kier molecular flexibility index (Phi) is 6.77. The minimum absolute atomic E-state index is 0.128. The van der Waals surface area contributed by atoms with Gasteiger partial charge in [-0.25, -0.2) is 0 Å². The topological polar surface area (TPSA) is 15.6 Å². The zero-order chi connectivity index (χ0) is 34.2. The van der Waals surface area contributed by atoms with Gasteiger partial charge in [-0.05, 0) is 141 Å². The highest BCUT2D eigenvalue weighted by Crippen LogP contribution is 2.46. The van der Waals surface area contributed by atoms with Crippen LogP contribution in [0.3, 0.4) is 0 Å². The molecule has 8 aromatic rings. The predicted molar refractivity (Wildman–Crippen MR) is 217 cm³/mol. The van der Waals surface area contributed by atoms with E-state index in [1.54, 1.807) is 0 Å². The SMILES string of the molecule is CC1=NC(C)(C)C(C)(C)N1c1ccc(-c2ccc3c(-c4ccc5ccccc5c4)c4ccccc4c(-c4ccc5ccccc5c4)c3c2)cc1. The van der Waals surface area contributed by atoms with Crippen molar-refractivity contribution in [2.45, 2.75) is 45.7 Å². The van der Waals surface area contributed by atoms with Crippen molar-refractivity contribution in [2.24, 2.45) is 4.99 Å². The van der Waals surface area contributed by atoms with Crippen LogP contribution >= 0.6 is 0 Å². The fourth-order valence-corrected chi connectivity index (χ4v) is 8.25. The summed E-state index contributed by atoms with van der Waals surface area (Å²) in [6.45, 7) is 11.2. The summed E-state index contributed by atoms with van der Waals surface area (Å²) in [6, 6.07) is 56.2. The third-order valence-corrected chi connectivity index (χ3v) is 11.4. The minimum atomic E-state index is -0.168. The second kappa shape index (κ2) is 11.1. The maximum absolute atomic E-state index is 5.02. The van der Waals surface area contributed by atoms with E-state index in [9.17, 15) is 0 Å². The number of rotatable bonds is 4. The van der Waals surface area contributed by atoms with Gasteiger partial charge in [-0.15, -0.1) is 0 Å². The van der Waals surface area contributed by atoms with Gasteiger partial charge in [0.15, 0.2) is 0 Å². The molecule has 0 fully saturated rings. The molecule has 50 heavy (non-hydrogen) atoms. The van der Waals surface area contributed by atoms with E-state index < -0.39 is 0 Å². The molecule has 0 amide bonds. The van der Waals surface area contributed by atoms with Crippen LogP contribution < -0.4 is 4.90 Å². The molecule has 0 radical (unpaired) electrons. The lowest BCUT2D eigenvalue weighted by atomic mass is 9.83. The smallest absolute Gasteiger partial charge is 0.102 e. The average molecular weight is 645 g/mol. The molecule has 1 heterocycles. The quantitative estimate of drug-likeness (QED) is 0.174. The normalized spacial score (nSPS) is 15.3. The van der Waals surface area contributed by atoms with E-state index in [0.29, 0.717) is 0 Å². The van der Waals surface area contributed by atoms with Crippen molar-refractivity contribution in [1.29, 1.82) is 0 Å². The van der Waals surface area contributed by atoms with Crippen LogP contribution in [0.15, 0.2) is 157 Å². The van der Waals surface area contributed by atoms with Crippen molar-refractivity contribution in [3.05, 3.63) is 152 Å². The van der Waals surface area contributed by atoms with Crippen LogP contribution in [0.1, 0.15) is 34.6 Å². The molecule has 8 aromatic carbocycles. The molecule has 0 saturated carbocycles. The van der Waals surface area contributed by atoms with Crippen molar-refractivity contribution in [2.75, 3.05) is 4.90 Å². The third-order valence-electron chi connectivity index (χ3n) is 11.4. The molecule has 2 nitrogen and oxygen atoms in total. The van der Waals surface area contributed by atoms with Crippen molar-refractivity contribution < 1.29 is 0 Å². The van der Waals surface area contributed by atoms with E-state index in [1.807, 2.05) is 0 Å². The molecule has 0 saturated heterocycles. The molecule has 0 spiro atoms. The Morgan fingerprint density at radius 2 is 0.880 bits per heavy atom. The van der Waals surface area contributed by atoms with Gasteiger partial charge in [-0.2, -0.15) is 0 Å². The number of nitrogens with zero attached hydrogens (tertiary/aromatic N) is 2. The standard InChI is InChI=1S/C48H40N2/c1-31-49-47(2,3)48(4,5)50(31)40-25-22-34(23-26-40)37-24-27-43-44(30-37)46(39-21-19-33-13-7-9-15-36(33)29-39)42-17-11-10-16-41(42)45(43)38-20-18-32-12-6-8-14-35(32)28-38/h6-30H,1-5H3. The minimum Gasteiger partial charge on any atom is -0.322 e. The Labute approximate surface area is 294 Å². The second-order valence-corrected chi connectivity index (χ2v) is 14.8. The summed E-state index contributed by atoms with van der Waals surface area (Å²) in [6.07, 6.45) is 0. The molecular weight excluding hydrogens is 605 g/mol. The van der Waals surface area contributed by atoms with Gasteiger partial charge < -0.3 is 4.90 Å². The molecule has 0 N–H and O–H groups in total. The summed E-state index contributed by atoms with van der Waals surface area (Å²) < 4.78 is 0. The number of amidine groups is 1. The van der Waals surface area contributed by atoms with Crippen LogP contribution in [0.25, 0.3) is 76.5 Å². The molecule has 0 atom stereocenters. The first-order valence-corrected chi connectivity index (χ1v) is 17.6. The lowest BCUT2D eigenvalue weighted by molar-refractivity contribution is 0.338. The van der Waals surface area contributed by atoms with E-state index >= 15 is 0 Å². The van der Waals surface area contributed by atoms with Crippen LogP contribution in [0.5, 0.6) is 0 Å². The predicted octanol–water partition coefficient (Wildman–Crippen LogP) is 13.1.